The Labute approximate surface area is 223 Å². The molecule has 10 heteroatoms. The maximum atomic E-state index is 15.5. The highest BCUT2D eigenvalue weighted by Gasteiger charge is 2.32. The van der Waals surface area contributed by atoms with Gasteiger partial charge in [0.05, 0.1) is 11.9 Å². The monoisotopic (exact) mass is 524 g/mol. The van der Waals surface area contributed by atoms with E-state index in [9.17, 15) is 0 Å². The molecule has 5 rings (SSSR count). The predicted molar refractivity (Wildman–Crippen MR) is 143 cm³/mol. The Morgan fingerprint density at radius 3 is 2.79 bits per heavy atom. The molecule has 3 atom stereocenters. The van der Waals surface area contributed by atoms with Crippen LogP contribution in [0.1, 0.15) is 58.1 Å². The molecule has 2 aromatic heterocycles. The number of hydrogen-bond acceptors (Lipinski definition) is 8. The number of methoxy groups -OCH3 is 1. The van der Waals surface area contributed by atoms with Crippen molar-refractivity contribution in [3.05, 3.63) is 42.5 Å². The van der Waals surface area contributed by atoms with Gasteiger partial charge in [-0.2, -0.15) is 5.10 Å². The van der Waals surface area contributed by atoms with Gasteiger partial charge in [-0.15, -0.1) is 10.2 Å². The number of halogens is 1. The van der Waals surface area contributed by atoms with Gasteiger partial charge in [-0.25, -0.2) is 9.07 Å². The van der Waals surface area contributed by atoms with Crippen molar-refractivity contribution in [2.75, 3.05) is 32.0 Å². The molecule has 0 amide bonds. The molecule has 2 N–H and O–H groups in total. The standard InChI is InChI=1S/C28H37FN6O3/c1-3-4-7-25-23(30)11-12-34(25)27-10-9-24(32-33-27)21-14-22(29)20(15-26(21)38-18-36-2)19-16-31-35(17-19)28-8-5-6-13-37-28/h9-10,14-17,23,25,28H,3-8,11-13,18,30H2,1-2H3. The summed E-state index contributed by atoms with van der Waals surface area (Å²) in [5.74, 6) is 0.845. The SMILES string of the molecule is CCCCC1C(N)CCN1c1ccc(-c2cc(F)c(-c3cnn(C4CCCCO4)c3)cc2OCOC)nn1. The van der Waals surface area contributed by atoms with Crippen molar-refractivity contribution in [2.45, 2.75) is 70.2 Å². The van der Waals surface area contributed by atoms with E-state index < -0.39 is 5.82 Å². The van der Waals surface area contributed by atoms with E-state index >= 15 is 4.39 Å². The zero-order valence-electron chi connectivity index (χ0n) is 22.2. The quantitative estimate of drug-likeness (QED) is 0.373. The molecular formula is C28H37FN6O3. The van der Waals surface area contributed by atoms with Gasteiger partial charge in [-0.3, -0.25) is 0 Å². The summed E-state index contributed by atoms with van der Waals surface area (Å²) in [5, 5.41) is 13.4. The Bertz CT molecular complexity index is 1200. The third-order valence-electron chi connectivity index (χ3n) is 7.44. The molecule has 3 aromatic rings. The third kappa shape index (κ3) is 5.67. The van der Waals surface area contributed by atoms with Crippen molar-refractivity contribution in [2.24, 2.45) is 5.73 Å². The van der Waals surface area contributed by atoms with Crippen molar-refractivity contribution >= 4 is 5.82 Å². The maximum absolute atomic E-state index is 15.5. The van der Waals surface area contributed by atoms with Crippen LogP contribution >= 0.6 is 0 Å². The van der Waals surface area contributed by atoms with E-state index in [1.165, 1.54) is 6.07 Å². The van der Waals surface area contributed by atoms with Gasteiger partial charge in [0.2, 0.25) is 0 Å². The van der Waals surface area contributed by atoms with Gasteiger partial charge in [-0.1, -0.05) is 19.8 Å². The van der Waals surface area contributed by atoms with Crippen LogP contribution in [0.4, 0.5) is 10.2 Å². The average Bonchev–Trinajstić information content (AvgIpc) is 3.59. The molecule has 204 valence electrons. The van der Waals surface area contributed by atoms with Crippen LogP contribution in [0.5, 0.6) is 5.75 Å². The molecule has 3 unspecified atom stereocenters. The van der Waals surface area contributed by atoms with Crippen LogP contribution < -0.4 is 15.4 Å². The average molecular weight is 525 g/mol. The van der Waals surface area contributed by atoms with Gasteiger partial charge in [0.15, 0.2) is 12.6 Å². The Kier molecular flexibility index (Phi) is 8.51. The minimum absolute atomic E-state index is 0.0174. The van der Waals surface area contributed by atoms with E-state index in [1.807, 2.05) is 18.3 Å². The fourth-order valence-electron chi connectivity index (χ4n) is 5.35. The van der Waals surface area contributed by atoms with E-state index in [0.717, 1.165) is 57.3 Å². The van der Waals surface area contributed by atoms with E-state index in [2.05, 4.69) is 27.1 Å². The van der Waals surface area contributed by atoms with E-state index in [1.54, 1.807) is 24.1 Å². The molecule has 2 saturated heterocycles. The number of benzene rings is 1. The predicted octanol–water partition coefficient (Wildman–Crippen LogP) is 4.92. The molecule has 0 saturated carbocycles. The van der Waals surface area contributed by atoms with Crippen LogP contribution in [-0.2, 0) is 9.47 Å². The Morgan fingerprint density at radius 1 is 1.16 bits per heavy atom. The molecule has 1 aromatic carbocycles. The lowest BCUT2D eigenvalue weighted by Crippen LogP contribution is -2.39. The number of aromatic nitrogens is 4. The number of nitrogens with two attached hydrogens (primary N) is 1. The molecule has 9 nitrogen and oxygen atoms in total. The molecule has 0 aliphatic carbocycles. The lowest BCUT2D eigenvalue weighted by molar-refractivity contribution is -0.0394. The van der Waals surface area contributed by atoms with Crippen LogP contribution in [0.15, 0.2) is 36.7 Å². The second-order valence-electron chi connectivity index (χ2n) is 10.0. The largest absolute Gasteiger partial charge is 0.467 e. The number of nitrogens with zero attached hydrogens (tertiary/aromatic N) is 5. The summed E-state index contributed by atoms with van der Waals surface area (Å²) >= 11 is 0. The Balaban J connectivity index is 1.41. The van der Waals surface area contributed by atoms with E-state index in [4.69, 9.17) is 19.9 Å². The van der Waals surface area contributed by atoms with Gasteiger partial charge >= 0.3 is 0 Å². The topological polar surface area (TPSA) is 101 Å². The summed E-state index contributed by atoms with van der Waals surface area (Å²) in [6, 6.07) is 7.28. The van der Waals surface area contributed by atoms with Gasteiger partial charge in [-0.05, 0) is 56.4 Å². The summed E-state index contributed by atoms with van der Waals surface area (Å²) < 4.78 is 34.1. The molecule has 4 heterocycles. The normalized spacial score (nSPS) is 21.7. The first kappa shape index (κ1) is 26.5. The molecular weight excluding hydrogens is 487 g/mol. The van der Waals surface area contributed by atoms with Crippen molar-refractivity contribution in [1.82, 2.24) is 20.0 Å². The number of unbranched alkanes of at least 4 members (excludes halogenated alkanes) is 1. The van der Waals surface area contributed by atoms with Crippen molar-refractivity contribution in [3.63, 3.8) is 0 Å². The fraction of sp³-hybridized carbons (Fsp3) is 0.536. The number of ether oxygens (including phenoxy) is 3. The number of anilines is 1. The van der Waals surface area contributed by atoms with Gasteiger partial charge in [0.1, 0.15) is 17.8 Å². The molecule has 38 heavy (non-hydrogen) atoms. The van der Waals surface area contributed by atoms with E-state index in [0.29, 0.717) is 34.7 Å². The summed E-state index contributed by atoms with van der Waals surface area (Å²) in [5.41, 5.74) is 8.44. The smallest absolute Gasteiger partial charge is 0.188 e. The highest BCUT2D eigenvalue weighted by atomic mass is 19.1. The molecule has 2 aliphatic rings. The second-order valence-corrected chi connectivity index (χ2v) is 10.0. The van der Waals surface area contributed by atoms with Gasteiger partial charge in [0, 0.05) is 55.2 Å². The van der Waals surface area contributed by atoms with Crippen molar-refractivity contribution in [3.8, 4) is 28.1 Å². The molecule has 0 radical (unpaired) electrons. The molecule has 2 fully saturated rings. The highest BCUT2D eigenvalue weighted by Crippen LogP contribution is 2.37. The second kappa shape index (κ2) is 12.2. The molecule has 0 bridgehead atoms. The van der Waals surface area contributed by atoms with Gasteiger partial charge < -0.3 is 24.8 Å². The first-order valence-electron chi connectivity index (χ1n) is 13.6. The fourth-order valence-corrected chi connectivity index (χ4v) is 5.35. The van der Waals surface area contributed by atoms with Crippen LogP contribution in [0.2, 0.25) is 0 Å². The lowest BCUT2D eigenvalue weighted by atomic mass is 10.0. The van der Waals surface area contributed by atoms with Crippen LogP contribution in [0.3, 0.4) is 0 Å². The summed E-state index contributed by atoms with van der Waals surface area (Å²) in [4.78, 5) is 2.25. The minimum atomic E-state index is -0.398. The Hall–Kier alpha value is -3.08. The number of hydrogen-bond donors (Lipinski definition) is 1. The third-order valence-corrected chi connectivity index (χ3v) is 7.44. The van der Waals surface area contributed by atoms with Crippen molar-refractivity contribution in [1.29, 1.82) is 0 Å². The minimum Gasteiger partial charge on any atom is -0.467 e. The lowest BCUT2D eigenvalue weighted by Gasteiger charge is -2.27. The van der Waals surface area contributed by atoms with Crippen LogP contribution in [0.25, 0.3) is 22.4 Å². The summed E-state index contributed by atoms with van der Waals surface area (Å²) in [7, 11) is 1.54. The summed E-state index contributed by atoms with van der Waals surface area (Å²) in [6.45, 7) is 3.77. The first-order chi connectivity index (χ1) is 18.6. The zero-order valence-corrected chi connectivity index (χ0v) is 22.2. The first-order valence-corrected chi connectivity index (χ1v) is 13.6. The van der Waals surface area contributed by atoms with Crippen molar-refractivity contribution < 1.29 is 18.6 Å². The van der Waals surface area contributed by atoms with Crippen LogP contribution in [-0.4, -0.2) is 59.1 Å². The van der Waals surface area contributed by atoms with E-state index in [-0.39, 0.29) is 25.1 Å². The highest BCUT2D eigenvalue weighted by molar-refractivity contribution is 5.75. The van der Waals surface area contributed by atoms with Crippen LogP contribution in [0, 0.1) is 5.82 Å². The number of rotatable bonds is 10. The molecule has 0 spiro atoms. The zero-order chi connectivity index (χ0) is 26.5. The van der Waals surface area contributed by atoms with Gasteiger partial charge in [0.25, 0.3) is 0 Å². The summed E-state index contributed by atoms with van der Waals surface area (Å²) in [6.07, 6.45) is 10.6. The molecule has 2 aliphatic heterocycles. The maximum Gasteiger partial charge on any atom is 0.188 e. The Morgan fingerprint density at radius 2 is 2.05 bits per heavy atom.